The van der Waals surface area contributed by atoms with E-state index in [1.165, 1.54) is 0 Å². The minimum atomic E-state index is -0.0226. The molecular weight excluding hydrogens is 220 g/mol. The highest BCUT2D eigenvalue weighted by atomic mass is 35.5. The van der Waals surface area contributed by atoms with Crippen LogP contribution in [-0.2, 0) is 13.2 Å². The van der Waals surface area contributed by atoms with Crippen molar-refractivity contribution in [1.82, 2.24) is 9.55 Å². The van der Waals surface area contributed by atoms with Gasteiger partial charge >= 0.3 is 0 Å². The number of nitrogens with zero attached hydrogens (tertiary/aromatic N) is 2. The Balaban J connectivity index is 2.15. The summed E-state index contributed by atoms with van der Waals surface area (Å²) in [4.78, 5) is 5.12. The van der Waals surface area contributed by atoms with E-state index >= 15 is 0 Å². The summed E-state index contributed by atoms with van der Waals surface area (Å²) in [6.45, 7) is 0.689. The summed E-state index contributed by atoms with van der Waals surface area (Å²) in [5.41, 5.74) is 0.678. The lowest BCUT2D eigenvalue weighted by atomic mass is 10.4. The predicted octanol–water partition coefficient (Wildman–Crippen LogP) is 2.14. The minimum absolute atomic E-state index is 0.0226. The van der Waals surface area contributed by atoms with Crippen molar-refractivity contribution >= 4 is 22.9 Å². The van der Waals surface area contributed by atoms with E-state index in [1.807, 2.05) is 22.2 Å². The van der Waals surface area contributed by atoms with Gasteiger partial charge in [-0.05, 0) is 11.4 Å². The standard InChI is InChI=1S/C9H9ClN2OS/c10-8-1-2-14-9(8)4-12-3-7(5-13)11-6-12/h1-3,6,13H,4-5H2. The van der Waals surface area contributed by atoms with Gasteiger partial charge in [0.25, 0.3) is 0 Å². The van der Waals surface area contributed by atoms with E-state index in [-0.39, 0.29) is 6.61 Å². The molecule has 2 rings (SSSR count). The summed E-state index contributed by atoms with van der Waals surface area (Å²) < 4.78 is 1.91. The molecule has 0 saturated heterocycles. The van der Waals surface area contributed by atoms with E-state index in [9.17, 15) is 0 Å². The first kappa shape index (κ1) is 9.71. The van der Waals surface area contributed by atoms with Gasteiger partial charge in [-0.25, -0.2) is 4.98 Å². The van der Waals surface area contributed by atoms with Gasteiger partial charge < -0.3 is 9.67 Å². The van der Waals surface area contributed by atoms with E-state index in [0.717, 1.165) is 9.90 Å². The van der Waals surface area contributed by atoms with Crippen molar-refractivity contribution in [3.05, 3.63) is 39.6 Å². The lowest BCUT2D eigenvalue weighted by molar-refractivity contribution is 0.277. The van der Waals surface area contributed by atoms with Gasteiger partial charge in [0, 0.05) is 11.1 Å². The van der Waals surface area contributed by atoms with Crippen LogP contribution in [0, 0.1) is 0 Å². The summed E-state index contributed by atoms with van der Waals surface area (Å²) >= 11 is 7.58. The molecule has 0 bridgehead atoms. The maximum atomic E-state index is 8.83. The van der Waals surface area contributed by atoms with Crippen LogP contribution in [-0.4, -0.2) is 14.7 Å². The Hall–Kier alpha value is -0.840. The fourth-order valence-corrected chi connectivity index (χ4v) is 2.28. The molecule has 0 saturated carbocycles. The molecule has 0 aromatic carbocycles. The number of imidazole rings is 1. The third kappa shape index (κ3) is 1.97. The Labute approximate surface area is 90.6 Å². The average molecular weight is 229 g/mol. The molecule has 2 aromatic heterocycles. The van der Waals surface area contributed by atoms with Crippen molar-refractivity contribution < 1.29 is 5.11 Å². The number of hydrogen-bond donors (Lipinski definition) is 1. The SMILES string of the molecule is OCc1cn(Cc2sccc2Cl)cn1. The molecule has 0 aliphatic carbocycles. The van der Waals surface area contributed by atoms with Gasteiger partial charge in [-0.15, -0.1) is 11.3 Å². The van der Waals surface area contributed by atoms with Crippen LogP contribution in [0.15, 0.2) is 24.0 Å². The summed E-state index contributed by atoms with van der Waals surface area (Å²) in [5.74, 6) is 0. The zero-order valence-electron chi connectivity index (χ0n) is 7.35. The molecule has 14 heavy (non-hydrogen) atoms. The Bertz CT molecular complexity index is 424. The Kier molecular flexibility index (Phi) is 2.86. The van der Waals surface area contributed by atoms with Crippen LogP contribution in [0.25, 0.3) is 0 Å². The summed E-state index contributed by atoms with van der Waals surface area (Å²) in [6, 6.07) is 1.88. The molecular formula is C9H9ClN2OS. The smallest absolute Gasteiger partial charge is 0.0953 e. The molecule has 0 unspecified atom stereocenters. The lowest BCUT2D eigenvalue weighted by Gasteiger charge is -1.98. The van der Waals surface area contributed by atoms with Gasteiger partial charge in [0.15, 0.2) is 0 Å². The molecule has 0 aliphatic heterocycles. The van der Waals surface area contributed by atoms with Crippen LogP contribution in [0.4, 0.5) is 0 Å². The Morgan fingerprint density at radius 1 is 1.57 bits per heavy atom. The number of thiophene rings is 1. The molecule has 2 heterocycles. The second-order valence-corrected chi connectivity index (χ2v) is 4.30. The first-order valence-corrected chi connectivity index (χ1v) is 5.38. The highest BCUT2D eigenvalue weighted by Crippen LogP contribution is 2.22. The monoisotopic (exact) mass is 228 g/mol. The van der Waals surface area contributed by atoms with Crippen LogP contribution in [0.5, 0.6) is 0 Å². The highest BCUT2D eigenvalue weighted by Gasteiger charge is 2.03. The maximum absolute atomic E-state index is 8.83. The normalized spacial score (nSPS) is 10.7. The largest absolute Gasteiger partial charge is 0.390 e. The second kappa shape index (κ2) is 4.13. The first-order valence-electron chi connectivity index (χ1n) is 4.13. The molecule has 3 nitrogen and oxygen atoms in total. The number of rotatable bonds is 3. The number of aliphatic hydroxyl groups excluding tert-OH is 1. The van der Waals surface area contributed by atoms with Crippen molar-refractivity contribution in [2.24, 2.45) is 0 Å². The van der Waals surface area contributed by atoms with Crippen molar-refractivity contribution in [1.29, 1.82) is 0 Å². The third-order valence-electron chi connectivity index (χ3n) is 1.87. The van der Waals surface area contributed by atoms with E-state index < -0.39 is 0 Å². The highest BCUT2D eigenvalue weighted by molar-refractivity contribution is 7.10. The molecule has 0 atom stereocenters. The molecule has 1 N–H and O–H groups in total. The quantitative estimate of drug-likeness (QED) is 0.874. The zero-order chi connectivity index (χ0) is 9.97. The van der Waals surface area contributed by atoms with Crippen molar-refractivity contribution in [3.63, 3.8) is 0 Å². The summed E-state index contributed by atoms with van der Waals surface area (Å²) in [5, 5.41) is 11.6. The number of aliphatic hydroxyl groups is 1. The Morgan fingerprint density at radius 3 is 3.00 bits per heavy atom. The summed E-state index contributed by atoms with van der Waals surface area (Å²) in [6.07, 6.45) is 3.51. The van der Waals surface area contributed by atoms with Gasteiger partial charge in [0.05, 0.1) is 30.2 Å². The fourth-order valence-electron chi connectivity index (χ4n) is 1.18. The van der Waals surface area contributed by atoms with E-state index in [0.29, 0.717) is 12.2 Å². The van der Waals surface area contributed by atoms with Crippen LogP contribution in [0.1, 0.15) is 10.6 Å². The minimum Gasteiger partial charge on any atom is -0.390 e. The van der Waals surface area contributed by atoms with Crippen molar-refractivity contribution in [3.8, 4) is 0 Å². The number of halogens is 1. The van der Waals surface area contributed by atoms with Crippen LogP contribution < -0.4 is 0 Å². The number of hydrogen-bond acceptors (Lipinski definition) is 3. The summed E-state index contributed by atoms with van der Waals surface area (Å²) in [7, 11) is 0. The second-order valence-electron chi connectivity index (χ2n) is 2.89. The lowest BCUT2D eigenvalue weighted by Crippen LogP contribution is -1.94. The molecule has 0 aliphatic rings. The van der Waals surface area contributed by atoms with Crippen LogP contribution in [0.2, 0.25) is 5.02 Å². The van der Waals surface area contributed by atoms with Gasteiger partial charge in [-0.3, -0.25) is 0 Å². The van der Waals surface area contributed by atoms with Gasteiger partial charge in [0.1, 0.15) is 0 Å². The molecule has 2 aromatic rings. The molecule has 5 heteroatoms. The molecule has 0 fully saturated rings. The van der Waals surface area contributed by atoms with Crippen LogP contribution in [0.3, 0.4) is 0 Å². The van der Waals surface area contributed by atoms with Gasteiger partial charge in [0.2, 0.25) is 0 Å². The molecule has 0 spiro atoms. The van der Waals surface area contributed by atoms with E-state index in [2.05, 4.69) is 4.98 Å². The van der Waals surface area contributed by atoms with Crippen molar-refractivity contribution in [2.45, 2.75) is 13.2 Å². The van der Waals surface area contributed by atoms with Crippen molar-refractivity contribution in [2.75, 3.05) is 0 Å². The molecule has 74 valence electrons. The third-order valence-corrected chi connectivity index (χ3v) is 3.24. The molecule has 0 amide bonds. The average Bonchev–Trinajstić information content (AvgIpc) is 2.77. The zero-order valence-corrected chi connectivity index (χ0v) is 8.92. The van der Waals surface area contributed by atoms with E-state index in [4.69, 9.17) is 16.7 Å². The maximum Gasteiger partial charge on any atom is 0.0953 e. The van der Waals surface area contributed by atoms with Crippen LogP contribution >= 0.6 is 22.9 Å². The topological polar surface area (TPSA) is 38.0 Å². The van der Waals surface area contributed by atoms with Gasteiger partial charge in [-0.1, -0.05) is 11.6 Å². The molecule has 0 radical (unpaired) electrons. The first-order chi connectivity index (χ1) is 6.79. The number of aromatic nitrogens is 2. The fraction of sp³-hybridized carbons (Fsp3) is 0.222. The van der Waals surface area contributed by atoms with E-state index in [1.54, 1.807) is 17.7 Å². The predicted molar refractivity (Wildman–Crippen MR) is 56.6 cm³/mol. The van der Waals surface area contributed by atoms with Gasteiger partial charge in [-0.2, -0.15) is 0 Å². The Morgan fingerprint density at radius 2 is 2.43 bits per heavy atom.